The van der Waals surface area contributed by atoms with E-state index in [9.17, 15) is 13.6 Å². The molecule has 2 aromatic rings. The zero-order chi connectivity index (χ0) is 15.6. The maximum Gasteiger partial charge on any atom is 0.258 e. The SMILES string of the molecule is NC(=S)c1ccc(NC(=O)c2ccc(F)cc2F)c(Cl)c1. The van der Waals surface area contributed by atoms with Gasteiger partial charge in [-0.3, -0.25) is 4.79 Å². The third kappa shape index (κ3) is 3.53. The van der Waals surface area contributed by atoms with Gasteiger partial charge in [0.05, 0.1) is 16.3 Å². The van der Waals surface area contributed by atoms with Crippen LogP contribution in [0.5, 0.6) is 0 Å². The fraction of sp³-hybridized carbons (Fsp3) is 0. The highest BCUT2D eigenvalue weighted by Crippen LogP contribution is 2.24. The molecule has 7 heteroatoms. The van der Waals surface area contributed by atoms with Gasteiger partial charge in [-0.2, -0.15) is 0 Å². The number of carbonyl (C=O) groups is 1. The maximum absolute atomic E-state index is 13.5. The summed E-state index contributed by atoms with van der Waals surface area (Å²) in [6, 6.07) is 7.24. The fourth-order valence-electron chi connectivity index (χ4n) is 1.63. The Bertz CT molecular complexity index is 737. The van der Waals surface area contributed by atoms with Gasteiger partial charge in [-0.15, -0.1) is 0 Å². The van der Waals surface area contributed by atoms with Crippen molar-refractivity contribution in [3.63, 3.8) is 0 Å². The average Bonchev–Trinajstić information content (AvgIpc) is 2.40. The van der Waals surface area contributed by atoms with Crippen LogP contribution in [0.4, 0.5) is 14.5 Å². The van der Waals surface area contributed by atoms with Crippen LogP contribution in [0.2, 0.25) is 5.02 Å². The summed E-state index contributed by atoms with van der Waals surface area (Å²) in [7, 11) is 0. The van der Waals surface area contributed by atoms with Gasteiger partial charge in [0.1, 0.15) is 16.6 Å². The summed E-state index contributed by atoms with van der Waals surface area (Å²) in [6.07, 6.45) is 0. The van der Waals surface area contributed by atoms with Crippen LogP contribution in [0, 0.1) is 11.6 Å². The summed E-state index contributed by atoms with van der Waals surface area (Å²) in [5, 5.41) is 2.64. The highest BCUT2D eigenvalue weighted by atomic mass is 35.5. The molecule has 3 nitrogen and oxygen atoms in total. The van der Waals surface area contributed by atoms with E-state index < -0.39 is 17.5 Å². The standard InChI is InChI=1S/C14H9ClF2N2OS/c15-10-5-7(13(18)21)1-4-12(10)19-14(20)9-3-2-8(16)6-11(9)17/h1-6H,(H2,18,21)(H,19,20). The van der Waals surface area contributed by atoms with Crippen LogP contribution in [-0.2, 0) is 0 Å². The minimum Gasteiger partial charge on any atom is -0.389 e. The molecule has 21 heavy (non-hydrogen) atoms. The zero-order valence-corrected chi connectivity index (χ0v) is 12.1. The molecule has 0 aliphatic heterocycles. The Morgan fingerprint density at radius 1 is 1.19 bits per heavy atom. The summed E-state index contributed by atoms with van der Waals surface area (Å²) in [5.41, 5.74) is 5.98. The Hall–Kier alpha value is -2.05. The maximum atomic E-state index is 13.5. The Morgan fingerprint density at radius 3 is 2.48 bits per heavy atom. The minimum absolute atomic E-state index is 0.166. The number of anilines is 1. The van der Waals surface area contributed by atoms with Crippen molar-refractivity contribution in [2.45, 2.75) is 0 Å². The smallest absolute Gasteiger partial charge is 0.258 e. The van der Waals surface area contributed by atoms with E-state index in [0.29, 0.717) is 11.6 Å². The lowest BCUT2D eigenvalue weighted by Gasteiger charge is -2.09. The fourth-order valence-corrected chi connectivity index (χ4v) is 1.99. The Labute approximate surface area is 129 Å². The first-order chi connectivity index (χ1) is 9.88. The molecule has 0 heterocycles. The Kier molecular flexibility index (Phi) is 4.50. The van der Waals surface area contributed by atoms with Crippen molar-refractivity contribution in [2.75, 3.05) is 5.32 Å². The Balaban J connectivity index is 2.25. The topological polar surface area (TPSA) is 55.1 Å². The van der Waals surface area contributed by atoms with E-state index in [0.717, 1.165) is 12.1 Å². The third-order valence-corrected chi connectivity index (χ3v) is 3.23. The molecule has 2 rings (SSSR count). The van der Waals surface area contributed by atoms with Gasteiger partial charge < -0.3 is 11.1 Å². The number of nitrogens with one attached hydrogen (secondary N) is 1. The predicted octanol–water partition coefficient (Wildman–Crippen LogP) is 3.50. The molecule has 0 fully saturated rings. The molecule has 0 aromatic heterocycles. The summed E-state index contributed by atoms with van der Waals surface area (Å²) in [6.45, 7) is 0. The zero-order valence-electron chi connectivity index (χ0n) is 10.5. The van der Waals surface area contributed by atoms with Crippen molar-refractivity contribution in [3.8, 4) is 0 Å². The van der Waals surface area contributed by atoms with Crippen LogP contribution in [0.1, 0.15) is 15.9 Å². The van der Waals surface area contributed by atoms with Crippen molar-refractivity contribution >= 4 is 40.4 Å². The first-order valence-electron chi connectivity index (χ1n) is 5.74. The molecule has 0 radical (unpaired) electrons. The van der Waals surface area contributed by atoms with Gasteiger partial charge in [-0.05, 0) is 30.3 Å². The third-order valence-electron chi connectivity index (χ3n) is 2.68. The van der Waals surface area contributed by atoms with Crippen LogP contribution in [-0.4, -0.2) is 10.9 Å². The number of thiocarbonyl (C=S) groups is 1. The molecule has 0 atom stereocenters. The number of hydrogen-bond acceptors (Lipinski definition) is 2. The number of benzene rings is 2. The van der Waals surface area contributed by atoms with Crippen molar-refractivity contribution in [2.24, 2.45) is 5.73 Å². The number of rotatable bonds is 3. The molecule has 0 spiro atoms. The second kappa shape index (κ2) is 6.15. The summed E-state index contributed by atoms with van der Waals surface area (Å²) >= 11 is 10.8. The molecule has 0 unspecified atom stereocenters. The second-order valence-electron chi connectivity index (χ2n) is 4.14. The lowest BCUT2D eigenvalue weighted by Crippen LogP contribution is -2.15. The number of carbonyl (C=O) groups excluding carboxylic acids is 1. The van der Waals surface area contributed by atoms with E-state index >= 15 is 0 Å². The van der Waals surface area contributed by atoms with E-state index in [1.165, 1.54) is 12.1 Å². The van der Waals surface area contributed by atoms with E-state index in [2.05, 4.69) is 5.32 Å². The van der Waals surface area contributed by atoms with Gasteiger partial charge in [0.15, 0.2) is 0 Å². The lowest BCUT2D eigenvalue weighted by atomic mass is 10.1. The van der Waals surface area contributed by atoms with Gasteiger partial charge in [-0.1, -0.05) is 23.8 Å². The van der Waals surface area contributed by atoms with Crippen molar-refractivity contribution in [1.82, 2.24) is 0 Å². The number of halogens is 3. The second-order valence-corrected chi connectivity index (χ2v) is 4.98. The summed E-state index contributed by atoms with van der Waals surface area (Å²) < 4.78 is 26.3. The molecule has 0 bridgehead atoms. The van der Waals surface area contributed by atoms with Gasteiger partial charge in [0.25, 0.3) is 5.91 Å². The normalized spacial score (nSPS) is 10.2. The van der Waals surface area contributed by atoms with Gasteiger partial charge in [-0.25, -0.2) is 8.78 Å². The summed E-state index contributed by atoms with van der Waals surface area (Å²) in [5.74, 6) is -2.45. The average molecular weight is 327 g/mol. The molecule has 0 aliphatic carbocycles. The number of amides is 1. The first kappa shape index (κ1) is 15.3. The van der Waals surface area contributed by atoms with Gasteiger partial charge >= 0.3 is 0 Å². The summed E-state index contributed by atoms with van der Waals surface area (Å²) in [4.78, 5) is 12.1. The van der Waals surface area contributed by atoms with Gasteiger partial charge in [0.2, 0.25) is 0 Å². The molecule has 108 valence electrons. The van der Waals surface area contributed by atoms with E-state index in [-0.39, 0.29) is 21.3 Å². The molecule has 1 amide bonds. The van der Waals surface area contributed by atoms with E-state index in [4.69, 9.17) is 29.6 Å². The first-order valence-corrected chi connectivity index (χ1v) is 6.53. The minimum atomic E-state index is -0.955. The molecule has 0 saturated carbocycles. The molecular formula is C14H9ClF2N2OS. The van der Waals surface area contributed by atoms with Crippen LogP contribution >= 0.6 is 23.8 Å². The molecule has 0 aliphatic rings. The molecule has 2 aromatic carbocycles. The largest absolute Gasteiger partial charge is 0.389 e. The van der Waals surface area contributed by atoms with Crippen LogP contribution in [0.3, 0.4) is 0 Å². The van der Waals surface area contributed by atoms with Crippen molar-refractivity contribution in [1.29, 1.82) is 0 Å². The van der Waals surface area contributed by atoms with E-state index in [1.54, 1.807) is 6.07 Å². The van der Waals surface area contributed by atoms with Crippen molar-refractivity contribution < 1.29 is 13.6 Å². The molecule has 3 N–H and O–H groups in total. The monoisotopic (exact) mass is 326 g/mol. The molecular weight excluding hydrogens is 318 g/mol. The van der Waals surface area contributed by atoms with Crippen molar-refractivity contribution in [3.05, 3.63) is 64.2 Å². The van der Waals surface area contributed by atoms with Crippen LogP contribution < -0.4 is 11.1 Å². The number of nitrogens with two attached hydrogens (primary N) is 1. The number of hydrogen-bond donors (Lipinski definition) is 2. The van der Waals surface area contributed by atoms with Crippen LogP contribution in [0.15, 0.2) is 36.4 Å². The van der Waals surface area contributed by atoms with Crippen LogP contribution in [0.25, 0.3) is 0 Å². The van der Waals surface area contributed by atoms with E-state index in [1.807, 2.05) is 0 Å². The highest BCUT2D eigenvalue weighted by molar-refractivity contribution is 7.80. The Morgan fingerprint density at radius 2 is 1.90 bits per heavy atom. The molecule has 0 saturated heterocycles. The van der Waals surface area contributed by atoms with Gasteiger partial charge in [0, 0.05) is 11.6 Å². The highest BCUT2D eigenvalue weighted by Gasteiger charge is 2.14. The lowest BCUT2D eigenvalue weighted by molar-refractivity contribution is 0.102. The quantitative estimate of drug-likeness (QED) is 0.849. The predicted molar refractivity (Wildman–Crippen MR) is 81.7 cm³/mol.